The Balaban J connectivity index is 2.08. The average molecular weight is 386 g/mol. The van der Waals surface area contributed by atoms with Crippen LogP contribution >= 0.6 is 0 Å². The van der Waals surface area contributed by atoms with E-state index in [1.807, 2.05) is 75.4 Å². The molecule has 5 nitrogen and oxygen atoms in total. The highest BCUT2D eigenvalue weighted by Crippen LogP contribution is 2.26. The van der Waals surface area contributed by atoms with Gasteiger partial charge in [0.25, 0.3) is 0 Å². The van der Waals surface area contributed by atoms with Gasteiger partial charge in [0.15, 0.2) is 0 Å². The molecule has 0 saturated heterocycles. The highest BCUT2D eigenvalue weighted by molar-refractivity contribution is 5.67. The molecule has 0 aliphatic heterocycles. The summed E-state index contributed by atoms with van der Waals surface area (Å²) < 4.78 is 11.7. The number of aliphatic hydroxyl groups excluding tert-OH is 1. The summed E-state index contributed by atoms with van der Waals surface area (Å²) in [5, 5.41) is 9.16. The molecule has 0 spiro atoms. The first kappa shape index (κ1) is 21.8. The zero-order chi connectivity index (χ0) is 20.6. The molecule has 0 aromatic heterocycles. The lowest BCUT2D eigenvalue weighted by atomic mass is 10.1. The summed E-state index contributed by atoms with van der Waals surface area (Å²) in [5.41, 5.74) is 1.55. The topological polar surface area (TPSA) is 59.0 Å². The molecular formula is C23H31NO4. The van der Waals surface area contributed by atoms with Crippen LogP contribution in [-0.2, 0) is 11.2 Å². The van der Waals surface area contributed by atoms with Gasteiger partial charge in [-0.15, -0.1) is 0 Å². The van der Waals surface area contributed by atoms with Crippen molar-refractivity contribution >= 4 is 6.09 Å². The quantitative estimate of drug-likeness (QED) is 0.721. The van der Waals surface area contributed by atoms with Crippen molar-refractivity contribution in [3.05, 3.63) is 65.7 Å². The Morgan fingerprint density at radius 1 is 1.11 bits per heavy atom. The van der Waals surface area contributed by atoms with E-state index in [9.17, 15) is 4.79 Å². The monoisotopic (exact) mass is 385 g/mol. The molecule has 0 bridgehead atoms. The average Bonchev–Trinajstić information content (AvgIpc) is 2.65. The molecule has 28 heavy (non-hydrogen) atoms. The minimum absolute atomic E-state index is 0.103. The lowest BCUT2D eigenvalue weighted by Crippen LogP contribution is -2.35. The largest absolute Gasteiger partial charge is 0.486 e. The molecule has 0 fully saturated rings. The summed E-state index contributed by atoms with van der Waals surface area (Å²) in [6, 6.07) is 17.7. The van der Waals surface area contributed by atoms with E-state index in [2.05, 4.69) is 0 Å². The summed E-state index contributed by atoms with van der Waals surface area (Å²) in [6.45, 7) is 6.17. The number of ether oxygens (including phenoxy) is 2. The van der Waals surface area contributed by atoms with Crippen molar-refractivity contribution in [2.75, 3.05) is 20.2 Å². The summed E-state index contributed by atoms with van der Waals surface area (Å²) in [4.78, 5) is 13.8. The van der Waals surface area contributed by atoms with E-state index in [0.29, 0.717) is 19.4 Å². The van der Waals surface area contributed by atoms with Gasteiger partial charge >= 0.3 is 6.09 Å². The van der Waals surface area contributed by atoms with Crippen LogP contribution in [0.25, 0.3) is 0 Å². The molecule has 0 radical (unpaired) electrons. The predicted octanol–water partition coefficient (Wildman–Crippen LogP) is 4.60. The SMILES string of the molecule is CN(CC[C@@H](Oc1cccc(CCO)c1)c1ccccc1)C(=O)OC(C)(C)C. The van der Waals surface area contributed by atoms with Crippen LogP contribution in [0.3, 0.4) is 0 Å². The molecule has 0 aliphatic rings. The molecule has 2 aromatic rings. The second-order valence-electron chi connectivity index (χ2n) is 7.83. The van der Waals surface area contributed by atoms with E-state index in [1.165, 1.54) is 0 Å². The Morgan fingerprint density at radius 3 is 2.46 bits per heavy atom. The van der Waals surface area contributed by atoms with Gasteiger partial charge in [0.05, 0.1) is 0 Å². The van der Waals surface area contributed by atoms with Crippen LogP contribution in [0.4, 0.5) is 4.79 Å². The third-order valence-electron chi connectivity index (χ3n) is 4.18. The maximum atomic E-state index is 12.2. The molecule has 152 valence electrons. The Bertz CT molecular complexity index is 740. The van der Waals surface area contributed by atoms with Crippen molar-refractivity contribution in [1.29, 1.82) is 0 Å². The van der Waals surface area contributed by atoms with Gasteiger partial charge in [-0.05, 0) is 50.5 Å². The maximum Gasteiger partial charge on any atom is 0.410 e. The molecule has 1 N–H and O–H groups in total. The van der Waals surface area contributed by atoms with Crippen molar-refractivity contribution in [3.8, 4) is 5.75 Å². The molecule has 0 heterocycles. The zero-order valence-electron chi connectivity index (χ0n) is 17.2. The van der Waals surface area contributed by atoms with Crippen molar-refractivity contribution in [1.82, 2.24) is 4.90 Å². The molecule has 2 rings (SSSR count). The third-order valence-corrected chi connectivity index (χ3v) is 4.18. The minimum atomic E-state index is -0.520. The van der Waals surface area contributed by atoms with Gasteiger partial charge in [0.2, 0.25) is 0 Å². The van der Waals surface area contributed by atoms with Gasteiger partial charge in [-0.3, -0.25) is 0 Å². The van der Waals surface area contributed by atoms with E-state index in [0.717, 1.165) is 16.9 Å². The molecular weight excluding hydrogens is 354 g/mol. The number of carbonyl (C=O) groups excluding carboxylic acids is 1. The maximum absolute atomic E-state index is 12.2. The number of benzene rings is 2. The number of nitrogens with zero attached hydrogens (tertiary/aromatic N) is 1. The highest BCUT2D eigenvalue weighted by atomic mass is 16.6. The first-order valence-electron chi connectivity index (χ1n) is 9.64. The van der Waals surface area contributed by atoms with Gasteiger partial charge < -0.3 is 19.5 Å². The van der Waals surface area contributed by atoms with E-state index in [4.69, 9.17) is 14.6 Å². The normalized spacial score (nSPS) is 12.3. The van der Waals surface area contributed by atoms with Gasteiger partial charge in [0.1, 0.15) is 17.5 Å². The smallest absolute Gasteiger partial charge is 0.410 e. The number of rotatable bonds is 8. The van der Waals surface area contributed by atoms with Crippen LogP contribution in [0.5, 0.6) is 5.75 Å². The standard InChI is InChI=1S/C23H31NO4/c1-23(2,3)28-22(26)24(4)15-13-21(19-10-6-5-7-11-19)27-20-12-8-9-18(17-20)14-16-25/h5-12,17,21,25H,13-16H2,1-4H3/t21-/m1/s1. The third kappa shape index (κ3) is 7.24. The Morgan fingerprint density at radius 2 is 1.82 bits per heavy atom. The van der Waals surface area contributed by atoms with Gasteiger partial charge in [0, 0.05) is 26.6 Å². The summed E-state index contributed by atoms with van der Waals surface area (Å²) in [7, 11) is 1.73. The number of hydrogen-bond donors (Lipinski definition) is 1. The number of aliphatic hydroxyl groups is 1. The van der Waals surface area contributed by atoms with Gasteiger partial charge in [-0.2, -0.15) is 0 Å². The minimum Gasteiger partial charge on any atom is -0.486 e. The number of hydrogen-bond acceptors (Lipinski definition) is 4. The molecule has 0 saturated carbocycles. The van der Waals surface area contributed by atoms with Crippen molar-refractivity contribution in [2.45, 2.75) is 45.3 Å². The first-order chi connectivity index (χ1) is 13.3. The van der Waals surface area contributed by atoms with Crippen LogP contribution < -0.4 is 4.74 Å². The van der Waals surface area contributed by atoms with Crippen LogP contribution in [0.1, 0.15) is 44.4 Å². The summed E-state index contributed by atoms with van der Waals surface area (Å²) >= 11 is 0. The predicted molar refractivity (Wildman–Crippen MR) is 111 cm³/mol. The van der Waals surface area contributed by atoms with Crippen LogP contribution in [0.2, 0.25) is 0 Å². The Hall–Kier alpha value is -2.53. The molecule has 1 atom stereocenters. The van der Waals surface area contributed by atoms with Crippen LogP contribution in [-0.4, -0.2) is 41.9 Å². The zero-order valence-corrected chi connectivity index (χ0v) is 17.2. The van der Waals surface area contributed by atoms with Crippen molar-refractivity contribution in [2.24, 2.45) is 0 Å². The highest BCUT2D eigenvalue weighted by Gasteiger charge is 2.21. The molecule has 0 unspecified atom stereocenters. The van der Waals surface area contributed by atoms with Gasteiger partial charge in [-0.25, -0.2) is 4.79 Å². The molecule has 5 heteroatoms. The van der Waals surface area contributed by atoms with Crippen LogP contribution in [0, 0.1) is 0 Å². The Kier molecular flexibility index (Phi) is 7.88. The Labute approximate surface area is 167 Å². The summed E-state index contributed by atoms with van der Waals surface area (Å²) in [6.07, 6.45) is 0.679. The lowest BCUT2D eigenvalue weighted by Gasteiger charge is -2.26. The fraction of sp³-hybridized carbons (Fsp3) is 0.435. The fourth-order valence-electron chi connectivity index (χ4n) is 2.77. The van der Waals surface area contributed by atoms with Gasteiger partial charge in [-0.1, -0.05) is 42.5 Å². The fourth-order valence-corrected chi connectivity index (χ4v) is 2.77. The van der Waals surface area contributed by atoms with E-state index >= 15 is 0 Å². The van der Waals surface area contributed by atoms with Crippen molar-refractivity contribution < 1.29 is 19.4 Å². The van der Waals surface area contributed by atoms with Crippen LogP contribution in [0.15, 0.2) is 54.6 Å². The summed E-state index contributed by atoms with van der Waals surface area (Å²) in [5.74, 6) is 0.750. The van der Waals surface area contributed by atoms with E-state index < -0.39 is 5.60 Å². The second-order valence-corrected chi connectivity index (χ2v) is 7.83. The molecule has 0 aliphatic carbocycles. The van der Waals surface area contributed by atoms with Crippen molar-refractivity contribution in [3.63, 3.8) is 0 Å². The molecule has 1 amide bonds. The lowest BCUT2D eigenvalue weighted by molar-refractivity contribution is 0.0278. The second kappa shape index (κ2) is 10.1. The number of carbonyl (C=O) groups is 1. The number of amides is 1. The molecule has 2 aromatic carbocycles. The van der Waals surface area contributed by atoms with E-state index in [1.54, 1.807) is 11.9 Å². The first-order valence-corrected chi connectivity index (χ1v) is 9.64. The van der Waals surface area contributed by atoms with E-state index in [-0.39, 0.29) is 18.8 Å².